The lowest BCUT2D eigenvalue weighted by Gasteiger charge is -2.28. The number of hydrogen-bond acceptors (Lipinski definition) is 3. The molecule has 26 heavy (non-hydrogen) atoms. The maximum atomic E-state index is 12.8. The van der Waals surface area contributed by atoms with Crippen molar-refractivity contribution in [3.8, 4) is 16.9 Å². The van der Waals surface area contributed by atoms with Crippen LogP contribution >= 0.6 is 12.4 Å². The number of carbonyl (C=O) groups excluding carboxylic acids is 1. The number of fused-ring (bicyclic) bond motifs is 2. The van der Waals surface area contributed by atoms with Crippen molar-refractivity contribution in [3.05, 3.63) is 54.6 Å². The van der Waals surface area contributed by atoms with Gasteiger partial charge in [0.05, 0.1) is 0 Å². The summed E-state index contributed by atoms with van der Waals surface area (Å²) in [7, 11) is 0. The first-order valence-electron chi connectivity index (χ1n) is 9.12. The molecule has 5 heteroatoms. The van der Waals surface area contributed by atoms with Crippen molar-refractivity contribution in [2.75, 3.05) is 19.7 Å². The predicted molar refractivity (Wildman–Crippen MR) is 106 cm³/mol. The Kier molecular flexibility index (Phi) is 6.17. The van der Waals surface area contributed by atoms with Gasteiger partial charge in [0.25, 0.3) is 5.91 Å². The third-order valence-corrected chi connectivity index (χ3v) is 5.27. The molecule has 2 aliphatic heterocycles. The minimum Gasteiger partial charge on any atom is -0.483 e. The first-order valence-corrected chi connectivity index (χ1v) is 9.12. The van der Waals surface area contributed by atoms with Gasteiger partial charge >= 0.3 is 0 Å². The van der Waals surface area contributed by atoms with E-state index in [4.69, 9.17) is 4.74 Å². The highest BCUT2D eigenvalue weighted by molar-refractivity contribution is 5.85. The van der Waals surface area contributed by atoms with Crippen LogP contribution in [0.3, 0.4) is 0 Å². The van der Waals surface area contributed by atoms with Gasteiger partial charge in [0, 0.05) is 24.2 Å². The van der Waals surface area contributed by atoms with Gasteiger partial charge in [-0.2, -0.15) is 0 Å². The summed E-state index contributed by atoms with van der Waals surface area (Å²) in [6, 6.07) is 18.8. The van der Waals surface area contributed by atoms with Crippen molar-refractivity contribution >= 4 is 18.3 Å². The van der Waals surface area contributed by atoms with E-state index in [1.54, 1.807) is 0 Å². The Morgan fingerprint density at radius 2 is 1.73 bits per heavy atom. The summed E-state index contributed by atoms with van der Waals surface area (Å²) in [5.74, 6) is 0.876. The van der Waals surface area contributed by atoms with Crippen LogP contribution in [0.5, 0.6) is 5.75 Å². The fourth-order valence-electron chi connectivity index (χ4n) is 4.05. The maximum Gasteiger partial charge on any atom is 0.261 e. The van der Waals surface area contributed by atoms with E-state index >= 15 is 0 Å². The van der Waals surface area contributed by atoms with Crippen LogP contribution in [0.15, 0.2) is 54.6 Å². The third-order valence-electron chi connectivity index (χ3n) is 5.27. The number of rotatable bonds is 4. The first-order chi connectivity index (χ1) is 12.3. The first kappa shape index (κ1) is 18.7. The molecule has 2 heterocycles. The topological polar surface area (TPSA) is 41.6 Å². The minimum absolute atomic E-state index is 0. The molecule has 2 atom stereocenters. The second kappa shape index (κ2) is 8.56. The zero-order valence-corrected chi connectivity index (χ0v) is 15.6. The maximum absolute atomic E-state index is 12.8. The van der Waals surface area contributed by atoms with Crippen molar-refractivity contribution < 1.29 is 9.53 Å². The summed E-state index contributed by atoms with van der Waals surface area (Å²) in [4.78, 5) is 14.9. The zero-order chi connectivity index (χ0) is 17.1. The molecule has 2 aromatic rings. The van der Waals surface area contributed by atoms with Gasteiger partial charge in [-0.1, -0.05) is 48.5 Å². The smallest absolute Gasteiger partial charge is 0.261 e. The Morgan fingerprint density at radius 3 is 2.58 bits per heavy atom. The number of halogens is 1. The normalized spacial score (nSPS) is 21.6. The summed E-state index contributed by atoms with van der Waals surface area (Å²) in [6.45, 7) is 2.02. The van der Waals surface area contributed by atoms with E-state index in [2.05, 4.69) is 22.3 Å². The second-order valence-electron chi connectivity index (χ2n) is 6.83. The SMILES string of the molecule is Cl.O=C(COc1ccccc1-c1ccccc1)N1C2CCNCC1CC2. The lowest BCUT2D eigenvalue weighted by atomic mass is 10.1. The van der Waals surface area contributed by atoms with Crippen LogP contribution in [0.25, 0.3) is 11.1 Å². The van der Waals surface area contributed by atoms with Gasteiger partial charge in [-0.05, 0) is 37.4 Å². The average Bonchev–Trinajstić information content (AvgIpc) is 2.93. The largest absolute Gasteiger partial charge is 0.483 e. The van der Waals surface area contributed by atoms with E-state index in [1.165, 1.54) is 0 Å². The molecule has 138 valence electrons. The van der Waals surface area contributed by atoms with Crippen LogP contribution in [-0.4, -0.2) is 42.6 Å². The number of hydrogen-bond donors (Lipinski definition) is 1. The molecular weight excluding hydrogens is 348 g/mol. The summed E-state index contributed by atoms with van der Waals surface area (Å²) >= 11 is 0. The molecule has 0 spiro atoms. The number of para-hydroxylation sites is 1. The molecule has 4 nitrogen and oxygen atoms in total. The highest BCUT2D eigenvalue weighted by Gasteiger charge is 2.37. The van der Waals surface area contributed by atoms with Gasteiger partial charge in [-0.25, -0.2) is 0 Å². The lowest BCUT2D eigenvalue weighted by molar-refractivity contribution is -0.135. The molecule has 2 bridgehead atoms. The van der Waals surface area contributed by atoms with Gasteiger partial charge in [-0.15, -0.1) is 12.4 Å². The Hall–Kier alpha value is -2.04. The summed E-state index contributed by atoms with van der Waals surface area (Å²) in [5, 5.41) is 3.43. The van der Waals surface area contributed by atoms with Crippen LogP contribution in [-0.2, 0) is 4.79 Å². The van der Waals surface area contributed by atoms with E-state index < -0.39 is 0 Å². The van der Waals surface area contributed by atoms with E-state index in [0.717, 1.165) is 49.2 Å². The monoisotopic (exact) mass is 372 g/mol. The van der Waals surface area contributed by atoms with Gasteiger partial charge < -0.3 is 15.0 Å². The Morgan fingerprint density at radius 1 is 1.00 bits per heavy atom. The van der Waals surface area contributed by atoms with Crippen molar-refractivity contribution in [1.29, 1.82) is 0 Å². The Labute approximate surface area is 160 Å². The molecule has 2 aromatic carbocycles. The summed E-state index contributed by atoms with van der Waals surface area (Å²) in [6.07, 6.45) is 3.27. The molecule has 2 aliphatic rings. The highest BCUT2D eigenvalue weighted by atomic mass is 35.5. The Balaban J connectivity index is 0.00000196. The number of nitrogens with zero attached hydrogens (tertiary/aromatic N) is 1. The van der Waals surface area contributed by atoms with Crippen molar-refractivity contribution in [2.24, 2.45) is 0 Å². The minimum atomic E-state index is 0. The molecule has 2 unspecified atom stereocenters. The van der Waals surface area contributed by atoms with E-state index in [9.17, 15) is 4.79 Å². The fourth-order valence-corrected chi connectivity index (χ4v) is 4.05. The van der Waals surface area contributed by atoms with E-state index in [1.807, 2.05) is 42.5 Å². The molecule has 2 saturated heterocycles. The van der Waals surface area contributed by atoms with Crippen molar-refractivity contribution in [2.45, 2.75) is 31.3 Å². The molecule has 0 radical (unpaired) electrons. The van der Waals surface area contributed by atoms with Crippen molar-refractivity contribution in [3.63, 3.8) is 0 Å². The van der Waals surface area contributed by atoms with Crippen molar-refractivity contribution in [1.82, 2.24) is 10.2 Å². The number of carbonyl (C=O) groups is 1. The zero-order valence-electron chi connectivity index (χ0n) is 14.8. The van der Waals surface area contributed by atoms with Crippen LogP contribution in [0, 0.1) is 0 Å². The van der Waals surface area contributed by atoms with E-state index in [-0.39, 0.29) is 24.9 Å². The molecular formula is C21H25ClN2O2. The van der Waals surface area contributed by atoms with Crippen LogP contribution in [0.1, 0.15) is 19.3 Å². The number of benzene rings is 2. The summed E-state index contributed by atoms with van der Waals surface area (Å²) < 4.78 is 5.96. The van der Waals surface area contributed by atoms with Gasteiger partial charge in [0.2, 0.25) is 0 Å². The standard InChI is InChI=1S/C21H24N2O2.ClH/c24-21(23-17-10-11-18(23)14-22-13-12-17)15-25-20-9-5-4-8-19(20)16-6-2-1-3-7-16;/h1-9,17-18,22H,10-15H2;1H. The summed E-state index contributed by atoms with van der Waals surface area (Å²) in [5.41, 5.74) is 2.13. The Bertz CT molecular complexity index is 724. The van der Waals surface area contributed by atoms with Gasteiger partial charge in [-0.3, -0.25) is 4.79 Å². The van der Waals surface area contributed by atoms with Crippen LogP contribution < -0.4 is 10.1 Å². The van der Waals surface area contributed by atoms with Gasteiger partial charge in [0.1, 0.15) is 5.75 Å². The number of amides is 1. The molecule has 1 N–H and O–H groups in total. The molecule has 2 fully saturated rings. The second-order valence-corrected chi connectivity index (χ2v) is 6.83. The van der Waals surface area contributed by atoms with Crippen LogP contribution in [0.2, 0.25) is 0 Å². The molecule has 0 aromatic heterocycles. The molecule has 4 rings (SSSR count). The number of ether oxygens (including phenoxy) is 1. The molecule has 0 aliphatic carbocycles. The highest BCUT2D eigenvalue weighted by Crippen LogP contribution is 2.31. The fraction of sp³-hybridized carbons (Fsp3) is 0.381. The van der Waals surface area contributed by atoms with E-state index in [0.29, 0.717) is 12.1 Å². The lowest BCUT2D eigenvalue weighted by Crippen LogP contribution is -2.44. The molecule has 1 amide bonds. The predicted octanol–water partition coefficient (Wildman–Crippen LogP) is 3.51. The number of nitrogens with one attached hydrogen (secondary N) is 1. The quantitative estimate of drug-likeness (QED) is 0.893. The third kappa shape index (κ3) is 3.87. The average molecular weight is 373 g/mol. The van der Waals surface area contributed by atoms with Crippen LogP contribution in [0.4, 0.5) is 0 Å². The van der Waals surface area contributed by atoms with Gasteiger partial charge in [0.15, 0.2) is 6.61 Å². The molecule has 0 saturated carbocycles.